The van der Waals surface area contributed by atoms with E-state index in [4.69, 9.17) is 17.0 Å². The van der Waals surface area contributed by atoms with Crippen molar-refractivity contribution in [2.75, 3.05) is 7.11 Å². The molecular formula is C15H16N2O3S. The lowest BCUT2D eigenvalue weighted by Crippen LogP contribution is -2.21. The number of fused-ring (bicyclic) bond motifs is 1. The normalized spacial score (nSPS) is 17.3. The molecule has 0 bridgehead atoms. The lowest BCUT2D eigenvalue weighted by Gasteiger charge is -2.27. The quantitative estimate of drug-likeness (QED) is 0.855. The van der Waals surface area contributed by atoms with Crippen LogP contribution in [-0.4, -0.2) is 27.7 Å². The molecule has 1 aliphatic rings. The first kappa shape index (κ1) is 13.9. The molecule has 0 saturated carbocycles. The molecular weight excluding hydrogens is 288 g/mol. The predicted octanol–water partition coefficient (Wildman–Crippen LogP) is 3.18. The van der Waals surface area contributed by atoms with E-state index in [1.54, 1.807) is 11.7 Å². The van der Waals surface area contributed by atoms with Gasteiger partial charge in [-0.1, -0.05) is 6.07 Å². The zero-order valence-electron chi connectivity index (χ0n) is 11.6. The van der Waals surface area contributed by atoms with Crippen LogP contribution in [0.15, 0.2) is 24.4 Å². The van der Waals surface area contributed by atoms with Crippen molar-refractivity contribution in [3.63, 3.8) is 0 Å². The number of methoxy groups -OCH3 is 1. The SMILES string of the molecule is COc1ccc2c(c1)C(n1c(C(=O)O)c[nH]c1=S)CCC2. The van der Waals surface area contributed by atoms with E-state index < -0.39 is 5.97 Å². The number of aryl methyl sites for hydroxylation is 1. The molecule has 2 N–H and O–H groups in total. The number of hydrogen-bond donors (Lipinski definition) is 2. The third-order valence-corrected chi connectivity index (χ3v) is 4.29. The lowest BCUT2D eigenvalue weighted by atomic mass is 9.87. The molecule has 0 saturated heterocycles. The molecule has 1 atom stereocenters. The van der Waals surface area contributed by atoms with Crippen LogP contribution < -0.4 is 4.74 Å². The fourth-order valence-corrected chi connectivity index (χ4v) is 3.28. The van der Waals surface area contributed by atoms with Crippen LogP contribution in [0.1, 0.15) is 40.5 Å². The number of aromatic nitrogens is 2. The molecule has 0 radical (unpaired) electrons. The molecule has 3 rings (SSSR count). The molecule has 0 fully saturated rings. The van der Waals surface area contributed by atoms with Crippen LogP contribution in [0.25, 0.3) is 0 Å². The molecule has 1 aliphatic carbocycles. The lowest BCUT2D eigenvalue weighted by molar-refractivity contribution is 0.0683. The van der Waals surface area contributed by atoms with Crippen molar-refractivity contribution in [1.82, 2.24) is 9.55 Å². The van der Waals surface area contributed by atoms with Gasteiger partial charge in [0, 0.05) is 6.20 Å². The van der Waals surface area contributed by atoms with Crippen molar-refractivity contribution in [1.29, 1.82) is 0 Å². The summed E-state index contributed by atoms with van der Waals surface area (Å²) in [6.45, 7) is 0. The summed E-state index contributed by atoms with van der Waals surface area (Å²) in [7, 11) is 1.63. The molecule has 1 unspecified atom stereocenters. The molecule has 0 amide bonds. The average molecular weight is 304 g/mol. The zero-order valence-corrected chi connectivity index (χ0v) is 12.4. The summed E-state index contributed by atoms with van der Waals surface area (Å²) >= 11 is 5.28. The maximum absolute atomic E-state index is 11.4. The number of carboxylic acids is 1. The van der Waals surface area contributed by atoms with Crippen LogP contribution >= 0.6 is 12.2 Å². The Morgan fingerprint density at radius 2 is 2.33 bits per heavy atom. The standard InChI is InChI=1S/C15H16N2O3S/c1-20-10-6-5-9-3-2-4-12(11(9)7-10)17-13(14(18)19)8-16-15(17)21/h5-8,12H,2-4H2,1H3,(H,16,21)(H,18,19). The van der Waals surface area contributed by atoms with Crippen molar-refractivity contribution in [2.45, 2.75) is 25.3 Å². The Morgan fingerprint density at radius 3 is 3.05 bits per heavy atom. The molecule has 1 aromatic carbocycles. The number of nitrogens with one attached hydrogen (secondary N) is 1. The second-order valence-electron chi connectivity index (χ2n) is 5.13. The van der Waals surface area contributed by atoms with E-state index in [0.717, 1.165) is 30.6 Å². The van der Waals surface area contributed by atoms with Gasteiger partial charge in [0.2, 0.25) is 0 Å². The molecule has 0 aliphatic heterocycles. The van der Waals surface area contributed by atoms with Crippen molar-refractivity contribution in [3.8, 4) is 5.75 Å². The highest BCUT2D eigenvalue weighted by Gasteiger charge is 2.26. The van der Waals surface area contributed by atoms with E-state index in [0.29, 0.717) is 4.77 Å². The van der Waals surface area contributed by atoms with Gasteiger partial charge < -0.3 is 19.4 Å². The van der Waals surface area contributed by atoms with Crippen molar-refractivity contribution < 1.29 is 14.6 Å². The van der Waals surface area contributed by atoms with Gasteiger partial charge in [0.25, 0.3) is 0 Å². The van der Waals surface area contributed by atoms with Gasteiger partial charge in [-0.05, 0) is 54.7 Å². The summed E-state index contributed by atoms with van der Waals surface area (Å²) in [5.74, 6) is -0.197. The van der Waals surface area contributed by atoms with Gasteiger partial charge in [0.05, 0.1) is 13.2 Å². The minimum Gasteiger partial charge on any atom is -0.497 e. The number of aromatic amines is 1. The van der Waals surface area contributed by atoms with E-state index in [-0.39, 0.29) is 11.7 Å². The van der Waals surface area contributed by atoms with Gasteiger partial charge in [-0.3, -0.25) is 0 Å². The Morgan fingerprint density at radius 1 is 1.52 bits per heavy atom. The summed E-state index contributed by atoms with van der Waals surface area (Å²) < 4.78 is 7.44. The van der Waals surface area contributed by atoms with Gasteiger partial charge in [-0.25, -0.2) is 4.79 Å². The summed E-state index contributed by atoms with van der Waals surface area (Å²) in [5, 5.41) is 9.35. The van der Waals surface area contributed by atoms with E-state index in [1.165, 1.54) is 11.8 Å². The Kier molecular flexibility index (Phi) is 3.55. The highest BCUT2D eigenvalue weighted by atomic mass is 32.1. The maximum atomic E-state index is 11.4. The molecule has 21 heavy (non-hydrogen) atoms. The molecule has 5 nitrogen and oxygen atoms in total. The second-order valence-corrected chi connectivity index (χ2v) is 5.51. The van der Waals surface area contributed by atoms with Crippen LogP contribution in [0, 0.1) is 4.77 Å². The fourth-order valence-electron chi connectivity index (χ4n) is 3.00. The van der Waals surface area contributed by atoms with Crippen LogP contribution in [0.4, 0.5) is 0 Å². The summed E-state index contributed by atoms with van der Waals surface area (Å²) in [6.07, 6.45) is 4.33. The molecule has 2 aromatic rings. The fraction of sp³-hybridized carbons (Fsp3) is 0.333. The van der Waals surface area contributed by atoms with Crippen LogP contribution in [0.2, 0.25) is 0 Å². The van der Waals surface area contributed by atoms with Crippen molar-refractivity contribution in [2.24, 2.45) is 0 Å². The number of carbonyl (C=O) groups is 1. The smallest absolute Gasteiger partial charge is 0.354 e. The monoisotopic (exact) mass is 304 g/mol. The highest BCUT2D eigenvalue weighted by molar-refractivity contribution is 7.71. The molecule has 1 aromatic heterocycles. The molecule has 6 heteroatoms. The van der Waals surface area contributed by atoms with Crippen LogP contribution in [0.5, 0.6) is 5.75 Å². The van der Waals surface area contributed by atoms with Crippen molar-refractivity contribution in [3.05, 3.63) is 46.0 Å². The minimum absolute atomic E-state index is 0.0614. The second kappa shape index (κ2) is 5.37. The van der Waals surface area contributed by atoms with E-state index >= 15 is 0 Å². The molecule has 110 valence electrons. The Bertz CT molecular complexity index is 748. The number of aromatic carboxylic acids is 1. The Hall–Kier alpha value is -2.08. The number of H-pyrrole nitrogens is 1. The first-order valence-electron chi connectivity index (χ1n) is 6.82. The van der Waals surface area contributed by atoms with Gasteiger partial charge in [-0.15, -0.1) is 0 Å². The third kappa shape index (κ3) is 2.35. The maximum Gasteiger partial charge on any atom is 0.354 e. The Balaban J connectivity index is 2.16. The van der Waals surface area contributed by atoms with Crippen LogP contribution in [-0.2, 0) is 6.42 Å². The highest BCUT2D eigenvalue weighted by Crippen LogP contribution is 2.36. The topological polar surface area (TPSA) is 67.2 Å². The van der Waals surface area contributed by atoms with E-state index in [9.17, 15) is 9.90 Å². The average Bonchev–Trinajstić information content (AvgIpc) is 2.88. The largest absolute Gasteiger partial charge is 0.497 e. The summed E-state index contributed by atoms with van der Waals surface area (Å²) in [4.78, 5) is 14.2. The van der Waals surface area contributed by atoms with Gasteiger partial charge in [0.15, 0.2) is 4.77 Å². The first-order chi connectivity index (χ1) is 10.1. The number of nitrogens with zero attached hydrogens (tertiary/aromatic N) is 1. The number of carboxylic acid groups (broad SMARTS) is 1. The van der Waals surface area contributed by atoms with Gasteiger partial charge in [0.1, 0.15) is 11.4 Å². The third-order valence-electron chi connectivity index (χ3n) is 3.98. The minimum atomic E-state index is -0.975. The number of hydrogen-bond acceptors (Lipinski definition) is 3. The number of imidazole rings is 1. The Labute approximate surface area is 127 Å². The number of ether oxygens (including phenoxy) is 1. The van der Waals surface area contributed by atoms with Gasteiger partial charge in [-0.2, -0.15) is 0 Å². The number of rotatable bonds is 3. The van der Waals surface area contributed by atoms with E-state index in [2.05, 4.69) is 11.1 Å². The van der Waals surface area contributed by atoms with Gasteiger partial charge >= 0.3 is 5.97 Å². The van der Waals surface area contributed by atoms with Crippen molar-refractivity contribution >= 4 is 18.2 Å². The predicted molar refractivity (Wildman–Crippen MR) is 80.6 cm³/mol. The summed E-state index contributed by atoms with van der Waals surface area (Å²) in [6, 6.07) is 5.92. The molecule has 0 spiro atoms. The zero-order chi connectivity index (χ0) is 15.0. The number of benzene rings is 1. The molecule has 1 heterocycles. The van der Waals surface area contributed by atoms with Crippen LogP contribution in [0.3, 0.4) is 0 Å². The first-order valence-corrected chi connectivity index (χ1v) is 7.22. The van der Waals surface area contributed by atoms with E-state index in [1.807, 2.05) is 12.1 Å². The summed E-state index contributed by atoms with van der Waals surface area (Å²) in [5.41, 5.74) is 2.52.